The predicted molar refractivity (Wildman–Crippen MR) is 63.8 cm³/mol. The molecule has 0 aliphatic carbocycles. The molecule has 0 spiro atoms. The topological polar surface area (TPSA) is 46.2 Å². The van der Waals surface area contributed by atoms with Crippen LogP contribution in [0.4, 0.5) is 0 Å². The lowest BCUT2D eigenvalue weighted by Gasteiger charge is -2.07. The van der Waals surface area contributed by atoms with E-state index in [1.165, 1.54) is 13.0 Å². The van der Waals surface area contributed by atoms with Gasteiger partial charge < -0.3 is 5.32 Å². The van der Waals surface area contributed by atoms with Gasteiger partial charge in [0.2, 0.25) is 5.91 Å². The van der Waals surface area contributed by atoms with Gasteiger partial charge in [-0.25, -0.2) is 0 Å². The van der Waals surface area contributed by atoms with Crippen molar-refractivity contribution < 1.29 is 9.59 Å². The minimum atomic E-state index is -0.475. The fourth-order valence-electron chi connectivity index (χ4n) is 1.26. The van der Waals surface area contributed by atoms with Crippen molar-refractivity contribution in [3.63, 3.8) is 0 Å². The molecule has 3 heteroatoms. The molecule has 0 aliphatic heterocycles. The highest BCUT2D eigenvalue weighted by molar-refractivity contribution is 5.99. The van der Waals surface area contributed by atoms with E-state index >= 15 is 0 Å². The summed E-state index contributed by atoms with van der Waals surface area (Å²) in [5.41, 5.74) is 0.964. The minimum Gasteiger partial charge on any atom is -0.346 e. The Morgan fingerprint density at radius 1 is 1.25 bits per heavy atom. The maximum Gasteiger partial charge on any atom is 0.217 e. The first-order valence-electron chi connectivity index (χ1n) is 5.13. The molecule has 1 N–H and O–H groups in total. The van der Waals surface area contributed by atoms with Crippen molar-refractivity contribution in [3.05, 3.63) is 42.0 Å². The fraction of sp³-hybridized carbons (Fsp3) is 0.231. The molecule has 0 fully saturated rings. The van der Waals surface area contributed by atoms with E-state index in [2.05, 4.69) is 5.32 Å². The van der Waals surface area contributed by atoms with Crippen molar-refractivity contribution in [3.8, 4) is 0 Å². The summed E-state index contributed by atoms with van der Waals surface area (Å²) >= 11 is 0. The summed E-state index contributed by atoms with van der Waals surface area (Å²) in [6, 6.07) is 9.07. The zero-order valence-electron chi connectivity index (χ0n) is 9.44. The average Bonchev–Trinajstić information content (AvgIpc) is 2.26. The molecule has 1 aromatic rings. The van der Waals surface area contributed by atoms with Gasteiger partial charge in [-0.2, -0.15) is 0 Å². The van der Waals surface area contributed by atoms with Gasteiger partial charge in [0.1, 0.15) is 0 Å². The number of carbonyl (C=O) groups excluding carboxylic acids is 2. The predicted octanol–water partition coefficient (Wildman–Crippen LogP) is 1.79. The van der Waals surface area contributed by atoms with Gasteiger partial charge in [0.05, 0.1) is 6.04 Å². The lowest BCUT2D eigenvalue weighted by molar-refractivity contribution is -0.124. The van der Waals surface area contributed by atoms with Crippen LogP contribution in [0.1, 0.15) is 19.4 Å². The molecule has 0 saturated heterocycles. The molecule has 0 aliphatic rings. The standard InChI is InChI=1S/C13H15NO2/c1-10(14-11(2)15)13(16)9-8-12-6-4-3-5-7-12/h3-10H,1-2H3,(H,14,15)/b9-8+. The van der Waals surface area contributed by atoms with Gasteiger partial charge in [0, 0.05) is 6.92 Å². The van der Waals surface area contributed by atoms with E-state index in [9.17, 15) is 9.59 Å². The quantitative estimate of drug-likeness (QED) is 0.781. The number of hydrogen-bond donors (Lipinski definition) is 1. The van der Waals surface area contributed by atoms with Crippen LogP contribution in [0.3, 0.4) is 0 Å². The Hall–Kier alpha value is -1.90. The minimum absolute atomic E-state index is 0.112. The first kappa shape index (κ1) is 12.2. The number of hydrogen-bond acceptors (Lipinski definition) is 2. The molecule has 1 amide bonds. The Morgan fingerprint density at radius 3 is 2.44 bits per heavy atom. The third kappa shape index (κ3) is 4.09. The van der Waals surface area contributed by atoms with E-state index in [0.717, 1.165) is 5.56 Å². The number of rotatable bonds is 4. The summed E-state index contributed by atoms with van der Waals surface area (Å²) in [6.45, 7) is 3.06. The van der Waals surface area contributed by atoms with E-state index in [-0.39, 0.29) is 11.7 Å². The van der Waals surface area contributed by atoms with Crippen molar-refractivity contribution in [2.75, 3.05) is 0 Å². The van der Waals surface area contributed by atoms with Gasteiger partial charge in [-0.1, -0.05) is 36.4 Å². The fourth-order valence-corrected chi connectivity index (χ4v) is 1.26. The summed E-state index contributed by atoms with van der Waals surface area (Å²) in [4.78, 5) is 22.3. The molecule has 0 aromatic heterocycles. The molecule has 3 nitrogen and oxygen atoms in total. The van der Waals surface area contributed by atoms with Crippen LogP contribution < -0.4 is 5.32 Å². The van der Waals surface area contributed by atoms with Crippen molar-refractivity contribution in [2.24, 2.45) is 0 Å². The van der Waals surface area contributed by atoms with Gasteiger partial charge in [-0.15, -0.1) is 0 Å². The Labute approximate surface area is 95.2 Å². The van der Waals surface area contributed by atoms with Crippen molar-refractivity contribution in [1.29, 1.82) is 0 Å². The van der Waals surface area contributed by atoms with Crippen LogP contribution in [0.2, 0.25) is 0 Å². The van der Waals surface area contributed by atoms with Crippen LogP contribution in [-0.2, 0) is 9.59 Å². The highest BCUT2D eigenvalue weighted by atomic mass is 16.2. The van der Waals surface area contributed by atoms with Crippen molar-refractivity contribution >= 4 is 17.8 Å². The van der Waals surface area contributed by atoms with Gasteiger partial charge in [0.15, 0.2) is 5.78 Å². The first-order chi connectivity index (χ1) is 7.59. The molecule has 84 valence electrons. The highest BCUT2D eigenvalue weighted by Gasteiger charge is 2.09. The van der Waals surface area contributed by atoms with Gasteiger partial charge >= 0.3 is 0 Å². The largest absolute Gasteiger partial charge is 0.346 e. The maximum absolute atomic E-state index is 11.6. The molecule has 1 atom stereocenters. The molecule has 0 radical (unpaired) electrons. The summed E-state index contributed by atoms with van der Waals surface area (Å²) in [7, 11) is 0. The van der Waals surface area contributed by atoms with E-state index in [1.807, 2.05) is 30.3 Å². The van der Waals surface area contributed by atoms with Gasteiger partial charge in [-0.05, 0) is 18.6 Å². The third-order valence-corrected chi connectivity index (χ3v) is 2.09. The zero-order valence-corrected chi connectivity index (χ0v) is 9.44. The van der Waals surface area contributed by atoms with Gasteiger partial charge in [-0.3, -0.25) is 9.59 Å². The van der Waals surface area contributed by atoms with Crippen LogP contribution in [0.15, 0.2) is 36.4 Å². The maximum atomic E-state index is 11.6. The van der Waals surface area contributed by atoms with E-state index < -0.39 is 6.04 Å². The van der Waals surface area contributed by atoms with Crippen LogP contribution in [0, 0.1) is 0 Å². The van der Waals surface area contributed by atoms with Crippen LogP contribution in [-0.4, -0.2) is 17.7 Å². The first-order valence-corrected chi connectivity index (χ1v) is 5.13. The highest BCUT2D eigenvalue weighted by Crippen LogP contribution is 2.01. The van der Waals surface area contributed by atoms with Crippen molar-refractivity contribution in [1.82, 2.24) is 5.32 Å². The second-order valence-corrected chi connectivity index (χ2v) is 3.57. The number of nitrogens with one attached hydrogen (secondary N) is 1. The Balaban J connectivity index is 2.57. The zero-order chi connectivity index (χ0) is 12.0. The SMILES string of the molecule is CC(=O)NC(C)C(=O)/C=C/c1ccccc1. The second-order valence-electron chi connectivity index (χ2n) is 3.57. The summed E-state index contributed by atoms with van der Waals surface area (Å²) in [5, 5.41) is 2.54. The second kappa shape index (κ2) is 5.85. The number of carbonyl (C=O) groups is 2. The molecule has 0 saturated carbocycles. The van der Waals surface area contributed by atoms with Crippen LogP contribution >= 0.6 is 0 Å². The molecule has 1 unspecified atom stereocenters. The molecular weight excluding hydrogens is 202 g/mol. The number of ketones is 1. The molecule has 1 rings (SSSR count). The molecule has 16 heavy (non-hydrogen) atoms. The van der Waals surface area contributed by atoms with Crippen LogP contribution in [0.25, 0.3) is 6.08 Å². The average molecular weight is 217 g/mol. The Kier molecular flexibility index (Phi) is 4.45. The third-order valence-electron chi connectivity index (χ3n) is 2.09. The van der Waals surface area contributed by atoms with E-state index in [0.29, 0.717) is 0 Å². The summed E-state index contributed by atoms with van der Waals surface area (Å²) in [6.07, 6.45) is 3.22. The molecule has 1 aromatic carbocycles. The number of amides is 1. The summed E-state index contributed by atoms with van der Waals surface area (Å²) in [5.74, 6) is -0.312. The van der Waals surface area contributed by atoms with E-state index in [4.69, 9.17) is 0 Å². The van der Waals surface area contributed by atoms with E-state index in [1.54, 1.807) is 13.0 Å². The lowest BCUT2D eigenvalue weighted by Crippen LogP contribution is -2.36. The monoisotopic (exact) mass is 217 g/mol. The Bertz CT molecular complexity index is 396. The van der Waals surface area contributed by atoms with Gasteiger partial charge in [0.25, 0.3) is 0 Å². The number of benzene rings is 1. The normalized spacial score (nSPS) is 12.4. The smallest absolute Gasteiger partial charge is 0.217 e. The molecular formula is C13H15NO2. The molecule has 0 bridgehead atoms. The van der Waals surface area contributed by atoms with Crippen LogP contribution in [0.5, 0.6) is 0 Å². The molecule has 0 heterocycles. The lowest BCUT2D eigenvalue weighted by atomic mass is 10.1. The summed E-state index contributed by atoms with van der Waals surface area (Å²) < 4.78 is 0. The van der Waals surface area contributed by atoms with Crippen molar-refractivity contribution in [2.45, 2.75) is 19.9 Å². The Morgan fingerprint density at radius 2 is 1.88 bits per heavy atom.